The first kappa shape index (κ1) is 23.3. The van der Waals surface area contributed by atoms with Crippen molar-refractivity contribution in [2.24, 2.45) is 11.8 Å². The maximum Gasteiger partial charge on any atom is 0.255 e. The number of aromatic nitrogens is 2. The van der Waals surface area contributed by atoms with Gasteiger partial charge in [0.05, 0.1) is 45.3 Å². The monoisotopic (exact) mass is 442 g/mol. The molecular formula is C23H30N4O5. The van der Waals surface area contributed by atoms with Crippen molar-refractivity contribution in [1.82, 2.24) is 20.6 Å². The molecule has 0 bridgehead atoms. The van der Waals surface area contributed by atoms with Gasteiger partial charge in [-0.15, -0.1) is 0 Å². The normalized spacial score (nSPS) is 17.8. The molecule has 9 nitrogen and oxygen atoms in total. The zero-order valence-corrected chi connectivity index (χ0v) is 18.7. The van der Waals surface area contributed by atoms with E-state index in [-0.39, 0.29) is 17.7 Å². The van der Waals surface area contributed by atoms with E-state index in [2.05, 4.69) is 20.6 Å². The Balaban J connectivity index is 1.47. The molecule has 0 unspecified atom stereocenters. The lowest BCUT2D eigenvalue weighted by Crippen LogP contribution is -2.36. The summed E-state index contributed by atoms with van der Waals surface area (Å²) in [5.41, 5.74) is 1.13. The van der Waals surface area contributed by atoms with Crippen molar-refractivity contribution in [2.75, 3.05) is 27.9 Å². The highest BCUT2D eigenvalue weighted by molar-refractivity contribution is 5.97. The van der Waals surface area contributed by atoms with Crippen LogP contribution in [0.5, 0.6) is 17.2 Å². The topological polar surface area (TPSA) is 112 Å². The quantitative estimate of drug-likeness (QED) is 0.613. The van der Waals surface area contributed by atoms with Crippen LogP contribution in [0.1, 0.15) is 41.7 Å². The number of rotatable bonds is 9. The fourth-order valence-corrected chi connectivity index (χ4v) is 3.91. The molecule has 2 N–H and O–H groups in total. The van der Waals surface area contributed by atoms with Crippen molar-refractivity contribution in [1.29, 1.82) is 0 Å². The molecule has 9 heteroatoms. The third kappa shape index (κ3) is 5.87. The van der Waals surface area contributed by atoms with Gasteiger partial charge in [-0.2, -0.15) is 0 Å². The van der Waals surface area contributed by atoms with Gasteiger partial charge in [-0.05, 0) is 31.6 Å². The summed E-state index contributed by atoms with van der Waals surface area (Å²) in [6, 6.07) is 3.25. The zero-order valence-electron chi connectivity index (χ0n) is 18.7. The highest BCUT2D eigenvalue weighted by atomic mass is 16.5. The third-order valence-electron chi connectivity index (χ3n) is 5.78. The lowest BCUT2D eigenvalue weighted by atomic mass is 9.81. The molecule has 2 aromatic rings. The second-order valence-corrected chi connectivity index (χ2v) is 7.75. The molecule has 0 radical (unpaired) electrons. The second-order valence-electron chi connectivity index (χ2n) is 7.75. The van der Waals surface area contributed by atoms with Crippen LogP contribution in [0, 0.1) is 11.8 Å². The first-order valence-electron chi connectivity index (χ1n) is 10.7. The number of nitrogens with zero attached hydrogens (tertiary/aromatic N) is 2. The molecular weight excluding hydrogens is 412 g/mol. The van der Waals surface area contributed by atoms with Gasteiger partial charge in [0.1, 0.15) is 5.75 Å². The number of amides is 2. The van der Waals surface area contributed by atoms with E-state index in [0.29, 0.717) is 41.8 Å². The first-order chi connectivity index (χ1) is 15.5. The smallest absolute Gasteiger partial charge is 0.255 e. The largest absolute Gasteiger partial charge is 0.496 e. The van der Waals surface area contributed by atoms with Crippen LogP contribution >= 0.6 is 0 Å². The van der Waals surface area contributed by atoms with Crippen molar-refractivity contribution >= 4 is 11.8 Å². The van der Waals surface area contributed by atoms with Gasteiger partial charge in [-0.3, -0.25) is 19.6 Å². The number of benzene rings is 1. The van der Waals surface area contributed by atoms with Crippen molar-refractivity contribution in [3.8, 4) is 17.2 Å². The number of carbonyl (C=O) groups is 2. The Labute approximate surface area is 187 Å². The molecule has 0 saturated heterocycles. The Morgan fingerprint density at radius 3 is 2.25 bits per heavy atom. The second kappa shape index (κ2) is 11.3. The van der Waals surface area contributed by atoms with E-state index in [9.17, 15) is 9.59 Å². The highest BCUT2D eigenvalue weighted by Crippen LogP contribution is 2.35. The molecule has 1 aromatic heterocycles. The lowest BCUT2D eigenvalue weighted by molar-refractivity contribution is -0.126. The Bertz CT molecular complexity index is 914. The Morgan fingerprint density at radius 2 is 1.62 bits per heavy atom. The minimum Gasteiger partial charge on any atom is -0.496 e. The number of carbonyl (C=O) groups excluding carboxylic acids is 2. The predicted molar refractivity (Wildman–Crippen MR) is 118 cm³/mol. The van der Waals surface area contributed by atoms with E-state index in [0.717, 1.165) is 31.4 Å². The summed E-state index contributed by atoms with van der Waals surface area (Å²) in [4.78, 5) is 33.4. The SMILES string of the molecule is COc1cc(OC)c(C(=O)NCC2CCC(C(=O)NCc3cnccn3)CC2)cc1OC. The summed E-state index contributed by atoms with van der Waals surface area (Å²) in [5, 5.41) is 5.93. The van der Waals surface area contributed by atoms with Crippen LogP contribution in [-0.4, -0.2) is 49.7 Å². The molecule has 0 spiro atoms. The van der Waals surface area contributed by atoms with Gasteiger partial charge in [0.2, 0.25) is 5.91 Å². The van der Waals surface area contributed by atoms with Gasteiger partial charge in [-0.1, -0.05) is 0 Å². The molecule has 172 valence electrons. The van der Waals surface area contributed by atoms with Crippen LogP contribution in [0.3, 0.4) is 0 Å². The summed E-state index contributed by atoms with van der Waals surface area (Å²) in [6.07, 6.45) is 8.22. The predicted octanol–water partition coefficient (Wildman–Crippen LogP) is 2.35. The molecule has 1 aliphatic carbocycles. The highest BCUT2D eigenvalue weighted by Gasteiger charge is 2.27. The van der Waals surface area contributed by atoms with E-state index in [4.69, 9.17) is 14.2 Å². The van der Waals surface area contributed by atoms with Gasteiger partial charge in [0, 0.05) is 37.0 Å². The molecule has 2 amide bonds. The Morgan fingerprint density at radius 1 is 0.938 bits per heavy atom. The van der Waals surface area contributed by atoms with Gasteiger partial charge >= 0.3 is 0 Å². The maximum absolute atomic E-state index is 12.8. The summed E-state index contributed by atoms with van der Waals surface area (Å²) in [7, 11) is 4.56. The van der Waals surface area contributed by atoms with E-state index < -0.39 is 0 Å². The molecule has 1 fully saturated rings. The van der Waals surface area contributed by atoms with Crippen molar-refractivity contribution in [2.45, 2.75) is 32.2 Å². The Hall–Kier alpha value is -3.36. The van der Waals surface area contributed by atoms with E-state index in [1.807, 2.05) is 0 Å². The third-order valence-corrected chi connectivity index (χ3v) is 5.78. The van der Waals surface area contributed by atoms with Gasteiger partial charge in [0.15, 0.2) is 11.5 Å². The number of methoxy groups -OCH3 is 3. The molecule has 1 aliphatic rings. The summed E-state index contributed by atoms with van der Waals surface area (Å²) in [6.45, 7) is 0.931. The number of hydrogen-bond acceptors (Lipinski definition) is 7. The molecule has 1 saturated carbocycles. The molecule has 0 aliphatic heterocycles. The molecule has 0 atom stereocenters. The lowest BCUT2D eigenvalue weighted by Gasteiger charge is -2.28. The van der Waals surface area contributed by atoms with Crippen LogP contribution < -0.4 is 24.8 Å². The number of ether oxygens (including phenoxy) is 3. The van der Waals surface area contributed by atoms with Crippen LogP contribution in [0.25, 0.3) is 0 Å². The standard InChI is InChI=1S/C23H30N4O5/c1-30-19-11-21(32-3)20(31-2)10-18(19)23(29)26-12-15-4-6-16(7-5-15)22(28)27-14-17-13-24-8-9-25-17/h8-11,13,15-16H,4-7,12,14H2,1-3H3,(H,26,29)(H,27,28). The van der Waals surface area contributed by atoms with Crippen molar-refractivity contribution in [3.63, 3.8) is 0 Å². The molecule has 32 heavy (non-hydrogen) atoms. The van der Waals surface area contributed by atoms with E-state index in [1.165, 1.54) is 21.3 Å². The van der Waals surface area contributed by atoms with Crippen LogP contribution in [0.2, 0.25) is 0 Å². The van der Waals surface area contributed by atoms with Gasteiger partial charge in [0.25, 0.3) is 5.91 Å². The fourth-order valence-electron chi connectivity index (χ4n) is 3.91. The average Bonchev–Trinajstić information content (AvgIpc) is 2.85. The van der Waals surface area contributed by atoms with E-state index in [1.54, 1.807) is 30.7 Å². The first-order valence-corrected chi connectivity index (χ1v) is 10.7. The molecule has 3 rings (SSSR count). The Kier molecular flexibility index (Phi) is 8.24. The molecule has 1 heterocycles. The van der Waals surface area contributed by atoms with Gasteiger partial charge in [-0.25, -0.2) is 0 Å². The zero-order chi connectivity index (χ0) is 22.9. The van der Waals surface area contributed by atoms with Crippen molar-refractivity contribution in [3.05, 3.63) is 42.0 Å². The summed E-state index contributed by atoms with van der Waals surface area (Å²) < 4.78 is 15.9. The average molecular weight is 443 g/mol. The number of hydrogen-bond donors (Lipinski definition) is 2. The summed E-state index contributed by atoms with van der Waals surface area (Å²) in [5.74, 6) is 1.52. The van der Waals surface area contributed by atoms with E-state index >= 15 is 0 Å². The van der Waals surface area contributed by atoms with Crippen LogP contribution in [0.15, 0.2) is 30.7 Å². The number of nitrogens with one attached hydrogen (secondary N) is 2. The maximum atomic E-state index is 12.8. The minimum absolute atomic E-state index is 0.00966. The fraction of sp³-hybridized carbons (Fsp3) is 0.478. The summed E-state index contributed by atoms with van der Waals surface area (Å²) >= 11 is 0. The molecule has 1 aromatic carbocycles. The van der Waals surface area contributed by atoms with Crippen molar-refractivity contribution < 1.29 is 23.8 Å². The van der Waals surface area contributed by atoms with Gasteiger partial charge < -0.3 is 24.8 Å². The van der Waals surface area contributed by atoms with Crippen LogP contribution in [-0.2, 0) is 11.3 Å². The minimum atomic E-state index is -0.230. The van der Waals surface area contributed by atoms with Crippen LogP contribution in [0.4, 0.5) is 0 Å².